The van der Waals surface area contributed by atoms with Gasteiger partial charge in [-0.3, -0.25) is 9.59 Å². The van der Waals surface area contributed by atoms with E-state index in [1.165, 1.54) is 45.1 Å². The summed E-state index contributed by atoms with van der Waals surface area (Å²) in [5.74, 6) is 0.581. The zero-order chi connectivity index (χ0) is 25.9. The molecule has 1 saturated carbocycles. The summed E-state index contributed by atoms with van der Waals surface area (Å²) in [7, 11) is 1.96. The van der Waals surface area contributed by atoms with Gasteiger partial charge in [-0.05, 0) is 50.8 Å². The van der Waals surface area contributed by atoms with E-state index in [-0.39, 0.29) is 29.4 Å². The number of hydrogen-bond acceptors (Lipinski definition) is 4. The predicted octanol–water partition coefficient (Wildman–Crippen LogP) is 5.11. The third-order valence-electron chi connectivity index (χ3n) is 7.65. The summed E-state index contributed by atoms with van der Waals surface area (Å²) in [4.78, 5) is 26.6. The Morgan fingerprint density at radius 2 is 1.97 bits per heavy atom. The van der Waals surface area contributed by atoms with Crippen LogP contribution in [0.15, 0.2) is 18.2 Å². The van der Waals surface area contributed by atoms with E-state index in [0.717, 1.165) is 38.3 Å². The third-order valence-corrected chi connectivity index (χ3v) is 7.94. The maximum Gasteiger partial charge on any atom is 0.222 e. The van der Waals surface area contributed by atoms with E-state index in [1.807, 2.05) is 11.9 Å². The van der Waals surface area contributed by atoms with E-state index in [1.54, 1.807) is 12.1 Å². The zero-order valence-corrected chi connectivity index (χ0v) is 22.6. The van der Waals surface area contributed by atoms with Crippen LogP contribution < -0.4 is 10.6 Å². The van der Waals surface area contributed by atoms with Crippen molar-refractivity contribution in [2.75, 3.05) is 39.8 Å². The second kappa shape index (κ2) is 14.9. The first-order chi connectivity index (χ1) is 17.4. The first kappa shape index (κ1) is 28.9. The van der Waals surface area contributed by atoms with Gasteiger partial charge >= 0.3 is 0 Å². The average Bonchev–Trinajstić information content (AvgIpc) is 2.87. The van der Waals surface area contributed by atoms with E-state index >= 15 is 4.39 Å². The normalized spacial score (nSPS) is 20.7. The lowest BCUT2D eigenvalue weighted by atomic mass is 9.81. The molecule has 1 aromatic carbocycles. The fourth-order valence-corrected chi connectivity index (χ4v) is 6.10. The number of carbonyl (C=O) groups is 2. The van der Waals surface area contributed by atoms with Crippen LogP contribution in [0.5, 0.6) is 0 Å². The van der Waals surface area contributed by atoms with Crippen molar-refractivity contribution < 1.29 is 18.7 Å². The number of rotatable bonds is 12. The molecule has 2 aliphatic rings. The summed E-state index contributed by atoms with van der Waals surface area (Å²) in [6.45, 7) is 4.16. The molecule has 202 valence electrons. The minimum Gasteiger partial charge on any atom is -0.371 e. The molecular weight excluding hydrogens is 481 g/mol. The van der Waals surface area contributed by atoms with Gasteiger partial charge < -0.3 is 20.3 Å². The largest absolute Gasteiger partial charge is 0.371 e. The molecule has 0 spiro atoms. The predicted molar refractivity (Wildman–Crippen MR) is 141 cm³/mol. The van der Waals surface area contributed by atoms with E-state index in [0.29, 0.717) is 31.0 Å². The molecule has 0 bridgehead atoms. The van der Waals surface area contributed by atoms with Gasteiger partial charge in [-0.15, -0.1) is 0 Å². The second-order valence-corrected chi connectivity index (χ2v) is 10.9. The van der Waals surface area contributed by atoms with Crippen LogP contribution in [-0.2, 0) is 14.3 Å². The Hall–Kier alpha value is -1.70. The smallest absolute Gasteiger partial charge is 0.222 e. The van der Waals surface area contributed by atoms with Crippen molar-refractivity contribution in [3.8, 4) is 0 Å². The van der Waals surface area contributed by atoms with Crippen LogP contribution >= 0.6 is 11.6 Å². The molecule has 6 nitrogen and oxygen atoms in total. The summed E-state index contributed by atoms with van der Waals surface area (Å²) in [6, 6.07) is 4.96. The molecule has 3 atom stereocenters. The number of likely N-dealkylation sites (tertiary alicyclic amines) is 1. The summed E-state index contributed by atoms with van der Waals surface area (Å²) in [5, 5.41) is 6.07. The summed E-state index contributed by atoms with van der Waals surface area (Å²) >= 11 is 6.09. The van der Waals surface area contributed by atoms with Gasteiger partial charge in [0.05, 0.1) is 17.7 Å². The number of benzene rings is 1. The molecule has 3 rings (SSSR count). The third kappa shape index (κ3) is 8.70. The Labute approximate surface area is 220 Å². The number of carbonyl (C=O) groups excluding carboxylic acids is 2. The molecule has 1 saturated heterocycles. The highest BCUT2D eigenvalue weighted by atomic mass is 35.5. The van der Waals surface area contributed by atoms with Gasteiger partial charge in [-0.1, -0.05) is 55.8 Å². The molecule has 36 heavy (non-hydrogen) atoms. The number of hydrogen-bond donors (Lipinski definition) is 2. The van der Waals surface area contributed by atoms with Crippen LogP contribution in [-0.4, -0.2) is 56.5 Å². The average molecular weight is 524 g/mol. The molecule has 1 heterocycles. The highest BCUT2D eigenvalue weighted by Crippen LogP contribution is 2.36. The van der Waals surface area contributed by atoms with Gasteiger partial charge in [0, 0.05) is 44.5 Å². The molecule has 2 fully saturated rings. The molecule has 0 unspecified atom stereocenters. The van der Waals surface area contributed by atoms with Crippen molar-refractivity contribution in [1.82, 2.24) is 15.5 Å². The monoisotopic (exact) mass is 523 g/mol. The molecule has 1 aliphatic heterocycles. The molecule has 2 N–H and O–H groups in total. The van der Waals surface area contributed by atoms with Crippen LogP contribution in [0.1, 0.15) is 76.4 Å². The van der Waals surface area contributed by atoms with E-state index in [9.17, 15) is 9.59 Å². The first-order valence-electron chi connectivity index (χ1n) is 13.6. The Morgan fingerprint density at radius 3 is 2.69 bits per heavy atom. The minimum absolute atomic E-state index is 0.0471. The molecule has 0 radical (unpaired) electrons. The lowest BCUT2D eigenvalue weighted by Gasteiger charge is -2.38. The van der Waals surface area contributed by atoms with Crippen molar-refractivity contribution in [3.63, 3.8) is 0 Å². The van der Waals surface area contributed by atoms with Crippen LogP contribution in [0.3, 0.4) is 0 Å². The van der Waals surface area contributed by atoms with Gasteiger partial charge in [0.1, 0.15) is 5.82 Å². The Kier molecular flexibility index (Phi) is 11.9. The minimum atomic E-state index is -0.539. The van der Waals surface area contributed by atoms with Crippen molar-refractivity contribution in [2.45, 2.75) is 70.8 Å². The number of halogens is 2. The van der Waals surface area contributed by atoms with E-state index in [2.05, 4.69) is 10.6 Å². The van der Waals surface area contributed by atoms with Gasteiger partial charge in [0.15, 0.2) is 0 Å². The second-order valence-electron chi connectivity index (χ2n) is 10.5. The Bertz CT molecular complexity index is 849. The van der Waals surface area contributed by atoms with Gasteiger partial charge in [0.2, 0.25) is 11.8 Å². The van der Waals surface area contributed by atoms with Gasteiger partial charge in [-0.2, -0.15) is 0 Å². The van der Waals surface area contributed by atoms with Crippen LogP contribution in [0.25, 0.3) is 0 Å². The van der Waals surface area contributed by atoms with Crippen LogP contribution in [0.2, 0.25) is 5.02 Å². The zero-order valence-electron chi connectivity index (χ0n) is 21.9. The number of ether oxygens (including phenoxy) is 1. The van der Waals surface area contributed by atoms with Crippen LogP contribution in [0, 0.1) is 23.6 Å². The van der Waals surface area contributed by atoms with Crippen molar-refractivity contribution in [1.29, 1.82) is 0 Å². The molecule has 2 amide bonds. The highest BCUT2D eigenvalue weighted by molar-refractivity contribution is 6.30. The van der Waals surface area contributed by atoms with E-state index in [4.69, 9.17) is 16.3 Å². The molecule has 0 aromatic heterocycles. The quantitative estimate of drug-likeness (QED) is 0.374. The number of nitrogens with one attached hydrogen (secondary N) is 2. The summed E-state index contributed by atoms with van der Waals surface area (Å²) in [5.41, 5.74) is 0.412. The number of amides is 2. The number of piperidine rings is 1. The summed E-state index contributed by atoms with van der Waals surface area (Å²) in [6.07, 6.45) is 9.31. The molecule has 8 heteroatoms. The van der Waals surface area contributed by atoms with Crippen molar-refractivity contribution in [2.24, 2.45) is 17.8 Å². The van der Waals surface area contributed by atoms with Gasteiger partial charge in [0.25, 0.3) is 0 Å². The topological polar surface area (TPSA) is 70.7 Å². The summed E-state index contributed by atoms with van der Waals surface area (Å²) < 4.78 is 21.2. The van der Waals surface area contributed by atoms with E-state index < -0.39 is 11.9 Å². The number of nitrogens with zero attached hydrogens (tertiary/aromatic N) is 1. The highest BCUT2D eigenvalue weighted by Gasteiger charge is 2.33. The van der Waals surface area contributed by atoms with Gasteiger partial charge in [-0.25, -0.2) is 4.39 Å². The van der Waals surface area contributed by atoms with Crippen LogP contribution in [0.4, 0.5) is 4.39 Å². The maximum atomic E-state index is 15.0. The van der Waals surface area contributed by atoms with Crippen molar-refractivity contribution >= 4 is 23.4 Å². The Morgan fingerprint density at radius 1 is 1.19 bits per heavy atom. The molecular formula is C28H43ClFN3O3. The standard InChI is InChI=1S/C28H43ClFN3O3/c1-20(34)32-13-15-36-28(24-11-6-12-25(29)27(24)30)23-10-7-14-33(19-23)26(35)17-22(18-31-2)16-21-8-4-3-5-9-21/h6,11-12,21-23,28,31H,3-5,7-10,13-19H2,1-2H3,(H,32,34)/t22-,23-,28-/m1/s1. The lowest BCUT2D eigenvalue weighted by Crippen LogP contribution is -2.43. The molecule has 1 aromatic rings. The SMILES string of the molecule is CNC[C@@H](CC(=O)N1CCC[C@@H]([C@@H](OCCNC(C)=O)c2cccc(Cl)c2F)C1)CC1CCCCC1. The Balaban J connectivity index is 1.66. The van der Waals surface area contributed by atoms with Crippen molar-refractivity contribution in [3.05, 3.63) is 34.6 Å². The fraction of sp³-hybridized carbons (Fsp3) is 0.714. The fourth-order valence-electron chi connectivity index (χ4n) is 5.91. The maximum absolute atomic E-state index is 15.0. The first-order valence-corrected chi connectivity index (χ1v) is 14.0. The lowest BCUT2D eigenvalue weighted by molar-refractivity contribution is -0.136. The molecule has 1 aliphatic carbocycles.